The fraction of sp³-hybridized carbons (Fsp3) is 0.357. The summed E-state index contributed by atoms with van der Waals surface area (Å²) in [4.78, 5) is 0. The molecule has 0 amide bonds. The van der Waals surface area contributed by atoms with Gasteiger partial charge in [-0.15, -0.1) is 0 Å². The van der Waals surface area contributed by atoms with Crippen LogP contribution in [-0.4, -0.2) is 16.4 Å². The van der Waals surface area contributed by atoms with E-state index in [1.54, 1.807) is 0 Å². The average molecular weight is 309 g/mol. The summed E-state index contributed by atoms with van der Waals surface area (Å²) in [5.74, 6) is 0.877. The second-order valence-corrected chi connectivity index (χ2v) is 5.24. The van der Waals surface area contributed by atoms with Crippen molar-refractivity contribution in [3.05, 3.63) is 45.7 Å². The lowest BCUT2D eigenvalue weighted by Gasteiger charge is -2.08. The van der Waals surface area contributed by atoms with Gasteiger partial charge in [0.2, 0.25) is 0 Å². The molecule has 2 aromatic rings. The van der Waals surface area contributed by atoms with E-state index < -0.39 is 0 Å². The number of halogens is 1. The first kappa shape index (κ1) is 13.1. The highest BCUT2D eigenvalue weighted by molar-refractivity contribution is 9.10. The van der Waals surface area contributed by atoms with Crippen molar-refractivity contribution in [1.82, 2.24) is 9.78 Å². The molecule has 0 saturated carbocycles. The van der Waals surface area contributed by atoms with Crippen molar-refractivity contribution >= 4 is 15.9 Å². The molecule has 0 N–H and O–H groups in total. The molecule has 0 saturated heterocycles. The smallest absolute Gasteiger partial charge is 0.120 e. The molecule has 0 unspecified atom stereocenters. The van der Waals surface area contributed by atoms with Crippen LogP contribution >= 0.6 is 15.9 Å². The molecule has 0 aliphatic carbocycles. The molecular formula is C14H17BrN2O. The number of aryl methyl sites for hydroxylation is 1. The van der Waals surface area contributed by atoms with Crippen molar-refractivity contribution in [2.24, 2.45) is 0 Å². The molecule has 0 radical (unpaired) electrons. The van der Waals surface area contributed by atoms with Gasteiger partial charge in [0.1, 0.15) is 12.4 Å². The van der Waals surface area contributed by atoms with Crippen LogP contribution in [0.15, 0.2) is 28.7 Å². The molecular weight excluding hydrogens is 292 g/mol. The zero-order valence-corrected chi connectivity index (χ0v) is 12.5. The first-order chi connectivity index (χ1) is 8.58. The first-order valence-electron chi connectivity index (χ1n) is 5.97. The van der Waals surface area contributed by atoms with E-state index in [9.17, 15) is 0 Å². The quantitative estimate of drug-likeness (QED) is 0.862. The predicted molar refractivity (Wildman–Crippen MR) is 76.1 cm³/mol. The Morgan fingerprint density at radius 3 is 2.67 bits per heavy atom. The van der Waals surface area contributed by atoms with Gasteiger partial charge in [0.25, 0.3) is 0 Å². The van der Waals surface area contributed by atoms with Crippen LogP contribution in [0.1, 0.15) is 17.0 Å². The van der Waals surface area contributed by atoms with Gasteiger partial charge in [0.15, 0.2) is 0 Å². The third-order valence-corrected chi connectivity index (χ3v) is 3.60. The molecule has 2 rings (SSSR count). The van der Waals surface area contributed by atoms with E-state index in [-0.39, 0.29) is 0 Å². The van der Waals surface area contributed by atoms with Crippen molar-refractivity contribution in [3.8, 4) is 5.75 Å². The largest absolute Gasteiger partial charge is 0.492 e. The average Bonchev–Trinajstić information content (AvgIpc) is 2.57. The zero-order chi connectivity index (χ0) is 13.1. The van der Waals surface area contributed by atoms with Crippen LogP contribution < -0.4 is 4.74 Å². The number of hydrogen-bond acceptors (Lipinski definition) is 2. The van der Waals surface area contributed by atoms with Gasteiger partial charge >= 0.3 is 0 Å². The van der Waals surface area contributed by atoms with Gasteiger partial charge in [0.05, 0.1) is 12.2 Å². The van der Waals surface area contributed by atoms with Gasteiger partial charge in [-0.2, -0.15) is 5.10 Å². The van der Waals surface area contributed by atoms with Crippen LogP contribution in [-0.2, 0) is 6.54 Å². The minimum Gasteiger partial charge on any atom is -0.492 e. The summed E-state index contributed by atoms with van der Waals surface area (Å²) in [5, 5.41) is 4.49. The van der Waals surface area contributed by atoms with Crippen molar-refractivity contribution in [2.45, 2.75) is 27.3 Å². The van der Waals surface area contributed by atoms with E-state index in [1.807, 2.05) is 35.9 Å². The van der Waals surface area contributed by atoms with Crippen molar-refractivity contribution in [1.29, 1.82) is 0 Å². The van der Waals surface area contributed by atoms with Crippen LogP contribution in [0.2, 0.25) is 0 Å². The molecule has 0 fully saturated rings. The maximum Gasteiger partial charge on any atom is 0.120 e. The number of aromatic nitrogens is 2. The van der Waals surface area contributed by atoms with E-state index in [2.05, 4.69) is 34.9 Å². The molecule has 1 aromatic carbocycles. The molecule has 0 bridgehead atoms. The van der Waals surface area contributed by atoms with Gasteiger partial charge in [-0.3, -0.25) is 4.68 Å². The molecule has 1 aromatic heterocycles. The third-order valence-electron chi connectivity index (χ3n) is 3.11. The Balaban J connectivity index is 1.94. The van der Waals surface area contributed by atoms with E-state index in [4.69, 9.17) is 4.74 Å². The van der Waals surface area contributed by atoms with Gasteiger partial charge in [0, 0.05) is 10.2 Å². The van der Waals surface area contributed by atoms with Crippen molar-refractivity contribution in [2.75, 3.05) is 6.61 Å². The van der Waals surface area contributed by atoms with Gasteiger partial charge < -0.3 is 4.74 Å². The van der Waals surface area contributed by atoms with Crippen LogP contribution in [0, 0.1) is 20.8 Å². The Morgan fingerprint density at radius 2 is 2.06 bits per heavy atom. The molecule has 0 atom stereocenters. The topological polar surface area (TPSA) is 27.1 Å². The second kappa shape index (κ2) is 5.57. The van der Waals surface area contributed by atoms with E-state index in [0.29, 0.717) is 6.61 Å². The SMILES string of the molecule is Cc1nn(CCOc2cccc(Br)c2)c(C)c1C. The van der Waals surface area contributed by atoms with Gasteiger partial charge in [-0.25, -0.2) is 0 Å². The number of benzene rings is 1. The fourth-order valence-corrected chi connectivity index (χ4v) is 2.19. The monoisotopic (exact) mass is 308 g/mol. The Hall–Kier alpha value is -1.29. The van der Waals surface area contributed by atoms with Crippen molar-refractivity contribution < 1.29 is 4.74 Å². The normalized spacial score (nSPS) is 10.7. The summed E-state index contributed by atoms with van der Waals surface area (Å²) in [5.41, 5.74) is 3.57. The zero-order valence-electron chi connectivity index (χ0n) is 10.9. The van der Waals surface area contributed by atoms with Gasteiger partial charge in [-0.05, 0) is 44.5 Å². The third kappa shape index (κ3) is 2.93. The second-order valence-electron chi connectivity index (χ2n) is 4.32. The summed E-state index contributed by atoms with van der Waals surface area (Å²) in [6.45, 7) is 7.62. The first-order valence-corrected chi connectivity index (χ1v) is 6.76. The lowest BCUT2D eigenvalue weighted by Crippen LogP contribution is -2.11. The summed E-state index contributed by atoms with van der Waals surface area (Å²) in [7, 11) is 0. The summed E-state index contributed by atoms with van der Waals surface area (Å²) in [6.07, 6.45) is 0. The summed E-state index contributed by atoms with van der Waals surface area (Å²) < 4.78 is 8.74. The molecule has 4 heteroatoms. The number of nitrogens with zero attached hydrogens (tertiary/aromatic N) is 2. The Bertz CT molecular complexity index is 549. The maximum absolute atomic E-state index is 5.70. The molecule has 0 spiro atoms. The van der Waals surface area contributed by atoms with Crippen LogP contribution in [0.25, 0.3) is 0 Å². The lowest BCUT2D eigenvalue weighted by molar-refractivity contribution is 0.289. The Kier molecular flexibility index (Phi) is 4.07. The van der Waals surface area contributed by atoms with Crippen LogP contribution in [0.3, 0.4) is 0 Å². The number of ether oxygens (including phenoxy) is 1. The minimum absolute atomic E-state index is 0.623. The molecule has 3 nitrogen and oxygen atoms in total. The summed E-state index contributed by atoms with van der Waals surface area (Å²) in [6, 6.07) is 7.87. The molecule has 0 aliphatic rings. The summed E-state index contributed by atoms with van der Waals surface area (Å²) >= 11 is 3.43. The highest BCUT2D eigenvalue weighted by Crippen LogP contribution is 2.18. The Morgan fingerprint density at radius 1 is 1.28 bits per heavy atom. The van der Waals surface area contributed by atoms with E-state index in [0.717, 1.165) is 22.5 Å². The van der Waals surface area contributed by atoms with E-state index >= 15 is 0 Å². The molecule has 18 heavy (non-hydrogen) atoms. The number of rotatable bonds is 4. The molecule has 96 valence electrons. The molecule has 0 aliphatic heterocycles. The fourth-order valence-electron chi connectivity index (χ4n) is 1.81. The minimum atomic E-state index is 0.623. The molecule has 1 heterocycles. The van der Waals surface area contributed by atoms with Crippen LogP contribution in [0.4, 0.5) is 0 Å². The predicted octanol–water partition coefficient (Wildman–Crippen LogP) is 3.65. The number of hydrogen-bond donors (Lipinski definition) is 0. The highest BCUT2D eigenvalue weighted by Gasteiger charge is 2.06. The highest BCUT2D eigenvalue weighted by atomic mass is 79.9. The van der Waals surface area contributed by atoms with E-state index in [1.165, 1.54) is 11.3 Å². The van der Waals surface area contributed by atoms with Crippen molar-refractivity contribution in [3.63, 3.8) is 0 Å². The lowest BCUT2D eigenvalue weighted by atomic mass is 10.2. The maximum atomic E-state index is 5.70. The Labute approximate surface area is 116 Å². The van der Waals surface area contributed by atoms with Crippen LogP contribution in [0.5, 0.6) is 5.75 Å². The van der Waals surface area contributed by atoms with Gasteiger partial charge in [-0.1, -0.05) is 22.0 Å². The standard InChI is InChI=1S/C14H17BrN2O/c1-10-11(2)16-17(12(10)3)7-8-18-14-6-4-5-13(15)9-14/h4-6,9H,7-8H2,1-3H3.